The zero-order valence-corrected chi connectivity index (χ0v) is 13.3. The Bertz CT molecular complexity index is 522. The molecule has 0 aliphatic rings. The fourth-order valence-corrected chi connectivity index (χ4v) is 2.38. The molecule has 0 aliphatic heterocycles. The Balaban J connectivity index is 0.00000162. The largest absolute Gasteiger partial charge is 0.550 e. The van der Waals surface area contributed by atoms with Crippen molar-refractivity contribution in [1.82, 2.24) is 4.98 Å². The minimum absolute atomic E-state index is 0. The molecule has 0 saturated carbocycles. The Hall–Kier alpha value is -0.680. The number of carboxylic acids is 1. The fraction of sp³-hybridized carbons (Fsp3) is 0.231. The number of thiazole rings is 1. The van der Waals surface area contributed by atoms with Crippen LogP contribution in [0.25, 0.3) is 10.6 Å². The first kappa shape index (κ1) is 15.4. The van der Waals surface area contributed by atoms with E-state index in [9.17, 15) is 9.90 Å². The minimum atomic E-state index is -1.09. The number of carbonyl (C=O) groups excluding carboxylic acids is 1. The van der Waals surface area contributed by atoms with Gasteiger partial charge < -0.3 is 9.90 Å². The van der Waals surface area contributed by atoms with E-state index in [4.69, 9.17) is 0 Å². The summed E-state index contributed by atoms with van der Waals surface area (Å²) in [6, 6.07) is 8.16. The van der Waals surface area contributed by atoms with E-state index in [1.807, 2.05) is 12.1 Å². The summed E-state index contributed by atoms with van der Waals surface area (Å²) < 4.78 is 0. The second-order valence-corrected chi connectivity index (χ2v) is 4.60. The van der Waals surface area contributed by atoms with Crippen LogP contribution < -0.4 is 5.11 Å². The molecule has 1 heterocycles. The molecule has 0 aliphatic carbocycles. The maximum absolute atomic E-state index is 10.5. The Labute approximate surface area is 132 Å². The van der Waals surface area contributed by atoms with Gasteiger partial charge in [0.1, 0.15) is 5.01 Å². The first-order valence-electron chi connectivity index (χ1n) is 5.42. The third-order valence-electron chi connectivity index (χ3n) is 2.49. The Kier molecular flexibility index (Phi) is 6.02. The summed E-state index contributed by atoms with van der Waals surface area (Å²) in [6.07, 6.45) is 0.887. The zero-order chi connectivity index (χ0) is 12.3. The summed E-state index contributed by atoms with van der Waals surface area (Å²) in [4.78, 5) is 14.7. The minimum Gasteiger partial charge on any atom is -0.550 e. The van der Waals surface area contributed by atoms with Gasteiger partial charge in [0, 0.05) is 52.9 Å². The number of aromatic nitrogens is 1. The van der Waals surface area contributed by atoms with Gasteiger partial charge in [-0.25, -0.2) is 4.98 Å². The summed E-state index contributed by atoms with van der Waals surface area (Å²) in [6.45, 7) is 2.11. The Morgan fingerprint density at radius 3 is 2.56 bits per heavy atom. The number of nitrogens with zero attached hydrogens (tertiary/aromatic N) is 1. The van der Waals surface area contributed by atoms with Gasteiger partial charge in [-0.3, -0.25) is 0 Å². The molecule has 1 aromatic carbocycles. The summed E-state index contributed by atoms with van der Waals surface area (Å²) in [5.74, 6) is -1.09. The molecule has 1 aromatic heterocycles. The van der Waals surface area contributed by atoms with Crippen molar-refractivity contribution >= 4 is 46.9 Å². The van der Waals surface area contributed by atoms with E-state index in [-0.39, 0.29) is 36.0 Å². The Morgan fingerprint density at radius 1 is 1.33 bits per heavy atom. The molecular weight excluding hydrogens is 257 g/mol. The number of aryl methyl sites for hydroxylation is 1. The van der Waals surface area contributed by atoms with Crippen LogP contribution in [0.1, 0.15) is 18.2 Å². The van der Waals surface area contributed by atoms with Crippen LogP contribution in [0.3, 0.4) is 0 Å². The number of benzene rings is 1. The van der Waals surface area contributed by atoms with Crippen LogP contribution in [0, 0.1) is 0 Å². The van der Waals surface area contributed by atoms with Crippen molar-refractivity contribution < 1.29 is 9.90 Å². The van der Waals surface area contributed by atoms with Crippen molar-refractivity contribution in [3.8, 4) is 10.6 Å². The summed E-state index contributed by atoms with van der Waals surface area (Å²) in [5, 5.41) is 13.1. The molecule has 18 heavy (non-hydrogen) atoms. The van der Waals surface area contributed by atoms with E-state index in [0.29, 0.717) is 5.69 Å². The van der Waals surface area contributed by atoms with Gasteiger partial charge in [0.15, 0.2) is 0 Å². The first-order valence-corrected chi connectivity index (χ1v) is 6.30. The van der Waals surface area contributed by atoms with Gasteiger partial charge >= 0.3 is 0 Å². The van der Waals surface area contributed by atoms with E-state index in [0.717, 1.165) is 17.0 Å². The smallest absolute Gasteiger partial charge is 0.123 e. The second kappa shape index (κ2) is 7.04. The van der Waals surface area contributed by atoms with Crippen molar-refractivity contribution in [3.63, 3.8) is 0 Å². The molecular formula is C13H12NNaO2S-. The molecule has 1 radical (unpaired) electrons. The maximum Gasteiger partial charge on any atom is 0.123 e. The Morgan fingerprint density at radius 2 is 2.00 bits per heavy atom. The quantitative estimate of drug-likeness (QED) is 0.786. The predicted octanol–water partition coefficient (Wildman–Crippen LogP) is 1.28. The summed E-state index contributed by atoms with van der Waals surface area (Å²) in [7, 11) is 0. The molecule has 0 spiro atoms. The molecule has 0 amide bonds. The van der Waals surface area contributed by atoms with Crippen LogP contribution in [0.2, 0.25) is 0 Å². The number of carbonyl (C=O) groups is 1. The molecule has 0 fully saturated rings. The third-order valence-corrected chi connectivity index (χ3v) is 3.43. The van der Waals surface area contributed by atoms with Gasteiger partial charge in [-0.1, -0.05) is 31.2 Å². The monoisotopic (exact) mass is 269 g/mol. The van der Waals surface area contributed by atoms with Crippen LogP contribution in [0.15, 0.2) is 29.6 Å². The molecule has 3 nitrogen and oxygen atoms in total. The fourth-order valence-electron chi connectivity index (χ4n) is 1.55. The van der Waals surface area contributed by atoms with Crippen LogP contribution in [-0.4, -0.2) is 40.5 Å². The molecule has 0 unspecified atom stereocenters. The van der Waals surface area contributed by atoms with Gasteiger partial charge in [0.2, 0.25) is 0 Å². The first-order chi connectivity index (χ1) is 8.19. The summed E-state index contributed by atoms with van der Waals surface area (Å²) in [5.41, 5.74) is 2.86. The van der Waals surface area contributed by atoms with Crippen molar-refractivity contribution in [3.05, 3.63) is 40.9 Å². The van der Waals surface area contributed by atoms with E-state index in [1.54, 1.807) is 5.38 Å². The SMILES string of the molecule is CCc1ccc(-c2nc(CC(=O)[O-])cs2)cc1.[Na]. The average Bonchev–Trinajstić information content (AvgIpc) is 2.77. The van der Waals surface area contributed by atoms with Crippen LogP contribution in [0.5, 0.6) is 0 Å². The second-order valence-electron chi connectivity index (χ2n) is 3.74. The van der Waals surface area contributed by atoms with Crippen molar-refractivity contribution in [2.75, 3.05) is 0 Å². The molecule has 2 rings (SSSR count). The number of carboxylic acid groups (broad SMARTS) is 1. The normalized spacial score (nSPS) is 9.83. The van der Waals surface area contributed by atoms with E-state index < -0.39 is 5.97 Å². The third kappa shape index (κ3) is 3.92. The topological polar surface area (TPSA) is 53.0 Å². The molecule has 0 N–H and O–H groups in total. The summed E-state index contributed by atoms with van der Waals surface area (Å²) >= 11 is 1.46. The van der Waals surface area contributed by atoms with Crippen LogP contribution >= 0.6 is 11.3 Å². The number of aliphatic carboxylic acids is 1. The molecule has 2 aromatic rings. The van der Waals surface area contributed by atoms with E-state index in [2.05, 4.69) is 24.0 Å². The van der Waals surface area contributed by atoms with Gasteiger partial charge in [0.25, 0.3) is 0 Å². The molecule has 0 saturated heterocycles. The predicted molar refractivity (Wildman–Crippen MR) is 71.4 cm³/mol. The number of hydrogen-bond acceptors (Lipinski definition) is 4. The van der Waals surface area contributed by atoms with Gasteiger partial charge in [-0.05, 0) is 12.0 Å². The van der Waals surface area contributed by atoms with Gasteiger partial charge in [0.05, 0.1) is 5.69 Å². The molecule has 0 atom stereocenters. The van der Waals surface area contributed by atoms with Crippen molar-refractivity contribution in [2.24, 2.45) is 0 Å². The van der Waals surface area contributed by atoms with E-state index in [1.165, 1.54) is 16.9 Å². The van der Waals surface area contributed by atoms with Crippen LogP contribution in [0.4, 0.5) is 0 Å². The van der Waals surface area contributed by atoms with Gasteiger partial charge in [-0.15, -0.1) is 11.3 Å². The van der Waals surface area contributed by atoms with E-state index >= 15 is 0 Å². The van der Waals surface area contributed by atoms with Crippen molar-refractivity contribution in [1.29, 1.82) is 0 Å². The zero-order valence-electron chi connectivity index (χ0n) is 10.5. The number of hydrogen-bond donors (Lipinski definition) is 0. The standard InChI is InChI=1S/C13H13NO2S.Na/c1-2-9-3-5-10(6-4-9)13-14-11(8-17-13)7-12(15)16;/h3-6,8H,2,7H2,1H3,(H,15,16);/p-1. The van der Waals surface area contributed by atoms with Crippen LogP contribution in [-0.2, 0) is 17.6 Å². The van der Waals surface area contributed by atoms with Crippen molar-refractivity contribution in [2.45, 2.75) is 19.8 Å². The molecule has 0 bridgehead atoms. The molecule has 5 heteroatoms. The molecule has 89 valence electrons. The van der Waals surface area contributed by atoms with Gasteiger partial charge in [-0.2, -0.15) is 0 Å². The maximum atomic E-state index is 10.5. The number of rotatable bonds is 4. The average molecular weight is 269 g/mol.